The number of amides is 2. The zero-order chi connectivity index (χ0) is 22.0. The fourth-order valence-corrected chi connectivity index (χ4v) is 4.26. The molecule has 0 radical (unpaired) electrons. The van der Waals surface area contributed by atoms with Crippen molar-refractivity contribution in [2.75, 3.05) is 18.7 Å². The summed E-state index contributed by atoms with van der Waals surface area (Å²) >= 11 is 1.47. The maximum Gasteiger partial charge on any atom is 0.262 e. The maximum atomic E-state index is 12.6. The van der Waals surface area contributed by atoms with Crippen LogP contribution >= 0.6 is 11.3 Å². The normalized spacial score (nSPS) is 12.2. The van der Waals surface area contributed by atoms with Crippen molar-refractivity contribution < 1.29 is 19.1 Å². The van der Waals surface area contributed by atoms with Crippen molar-refractivity contribution in [1.29, 1.82) is 0 Å². The second kappa shape index (κ2) is 8.76. The van der Waals surface area contributed by atoms with Gasteiger partial charge in [0.2, 0.25) is 18.6 Å². The second-order valence-corrected chi connectivity index (χ2v) is 8.41. The Hall–Kier alpha value is -3.40. The van der Waals surface area contributed by atoms with Gasteiger partial charge < -0.3 is 20.1 Å². The van der Waals surface area contributed by atoms with Crippen LogP contribution in [0.15, 0.2) is 29.3 Å². The Balaban J connectivity index is 1.24. The third-order valence-electron chi connectivity index (χ3n) is 5.03. The molecule has 0 atom stereocenters. The van der Waals surface area contributed by atoms with Gasteiger partial charge in [-0.1, -0.05) is 0 Å². The van der Waals surface area contributed by atoms with Crippen LogP contribution in [0, 0.1) is 13.8 Å². The molecule has 0 saturated heterocycles. The summed E-state index contributed by atoms with van der Waals surface area (Å²) in [5.41, 5.74) is 1.31. The monoisotopic (exact) mass is 442 g/mol. The molecule has 0 saturated carbocycles. The molecule has 9 nitrogen and oxygen atoms in total. The van der Waals surface area contributed by atoms with Crippen molar-refractivity contribution in [3.63, 3.8) is 0 Å². The van der Waals surface area contributed by atoms with E-state index in [4.69, 9.17) is 9.47 Å². The van der Waals surface area contributed by atoms with Gasteiger partial charge in [-0.2, -0.15) is 0 Å². The highest BCUT2D eigenvalue weighted by Crippen LogP contribution is 2.34. The third kappa shape index (κ3) is 4.53. The minimum atomic E-state index is -0.302. The van der Waals surface area contributed by atoms with Crippen LogP contribution in [-0.2, 0) is 16.1 Å². The first-order valence-electron chi connectivity index (χ1n) is 9.83. The van der Waals surface area contributed by atoms with E-state index in [-0.39, 0.29) is 37.1 Å². The molecule has 0 fully saturated rings. The fourth-order valence-electron chi connectivity index (χ4n) is 3.27. The largest absolute Gasteiger partial charge is 0.454 e. The van der Waals surface area contributed by atoms with Crippen LogP contribution < -0.4 is 25.7 Å². The first-order chi connectivity index (χ1) is 14.9. The molecule has 0 spiro atoms. The number of rotatable bonds is 7. The lowest BCUT2D eigenvalue weighted by atomic mass is 10.2. The number of ether oxygens (including phenoxy) is 2. The Morgan fingerprint density at radius 3 is 2.84 bits per heavy atom. The number of fused-ring (bicyclic) bond motifs is 2. The van der Waals surface area contributed by atoms with E-state index in [2.05, 4.69) is 15.6 Å². The predicted molar refractivity (Wildman–Crippen MR) is 117 cm³/mol. The quantitative estimate of drug-likeness (QED) is 0.544. The molecule has 162 valence electrons. The summed E-state index contributed by atoms with van der Waals surface area (Å²) in [5.74, 6) is 0.783. The van der Waals surface area contributed by atoms with E-state index >= 15 is 0 Å². The Morgan fingerprint density at radius 2 is 2.00 bits per heavy atom. The number of aromatic nitrogens is 2. The molecule has 2 aromatic heterocycles. The summed E-state index contributed by atoms with van der Waals surface area (Å²) in [6.45, 7) is 4.22. The lowest BCUT2D eigenvalue weighted by molar-refractivity contribution is -0.122. The number of aryl methyl sites for hydroxylation is 2. The summed E-state index contributed by atoms with van der Waals surface area (Å²) in [6.07, 6.45) is 2.12. The fraction of sp³-hybridized carbons (Fsp3) is 0.333. The summed E-state index contributed by atoms with van der Waals surface area (Å²) in [7, 11) is 0. The molecular formula is C21H22N4O5S. The van der Waals surface area contributed by atoms with Crippen molar-refractivity contribution in [1.82, 2.24) is 14.9 Å². The summed E-state index contributed by atoms with van der Waals surface area (Å²) in [4.78, 5) is 43.0. The average molecular weight is 442 g/mol. The van der Waals surface area contributed by atoms with Gasteiger partial charge in [-0.25, -0.2) is 4.98 Å². The molecule has 1 aliphatic heterocycles. The Morgan fingerprint density at radius 1 is 1.19 bits per heavy atom. The van der Waals surface area contributed by atoms with Gasteiger partial charge in [-0.15, -0.1) is 11.3 Å². The van der Waals surface area contributed by atoms with E-state index in [0.29, 0.717) is 40.4 Å². The number of carbonyl (C=O) groups is 2. The van der Waals surface area contributed by atoms with Crippen LogP contribution in [0.25, 0.3) is 10.2 Å². The van der Waals surface area contributed by atoms with Crippen molar-refractivity contribution in [2.45, 2.75) is 33.2 Å². The Labute approximate surface area is 182 Å². The number of carbonyl (C=O) groups excluding carboxylic acids is 2. The second-order valence-electron chi connectivity index (χ2n) is 7.21. The molecule has 10 heteroatoms. The first-order valence-corrected chi connectivity index (χ1v) is 10.7. The summed E-state index contributed by atoms with van der Waals surface area (Å²) in [6, 6.07) is 5.19. The molecule has 1 aromatic carbocycles. The number of hydrogen-bond donors (Lipinski definition) is 2. The van der Waals surface area contributed by atoms with Gasteiger partial charge >= 0.3 is 0 Å². The molecule has 31 heavy (non-hydrogen) atoms. The molecule has 0 aliphatic carbocycles. The van der Waals surface area contributed by atoms with Crippen molar-refractivity contribution in [2.24, 2.45) is 0 Å². The highest BCUT2D eigenvalue weighted by atomic mass is 32.1. The van der Waals surface area contributed by atoms with Crippen LogP contribution in [-0.4, -0.2) is 34.7 Å². The van der Waals surface area contributed by atoms with E-state index in [0.717, 1.165) is 10.4 Å². The number of hydrogen-bond acceptors (Lipinski definition) is 7. The van der Waals surface area contributed by atoms with E-state index in [9.17, 15) is 14.4 Å². The van der Waals surface area contributed by atoms with Gasteiger partial charge in [0.1, 0.15) is 11.4 Å². The standard InChI is InChI=1S/C21H22N4O5S/c1-12-13(2)31-20-19(12)21(28)25(10-23-20)9-18(27)22-7-3-4-17(26)24-14-5-6-15-16(8-14)30-11-29-15/h5-6,8,10H,3-4,7,9,11H2,1-2H3,(H,22,27)(H,24,26). The van der Waals surface area contributed by atoms with Crippen molar-refractivity contribution in [3.8, 4) is 11.5 Å². The number of anilines is 1. The SMILES string of the molecule is Cc1sc2ncn(CC(=O)NCCCC(=O)Nc3ccc4c(c3)OCO4)c(=O)c2c1C. The summed E-state index contributed by atoms with van der Waals surface area (Å²) < 4.78 is 11.8. The first kappa shape index (κ1) is 20.9. The van der Waals surface area contributed by atoms with E-state index in [1.165, 1.54) is 22.2 Å². The van der Waals surface area contributed by atoms with Gasteiger partial charge in [-0.05, 0) is 38.0 Å². The van der Waals surface area contributed by atoms with E-state index in [1.807, 2.05) is 13.8 Å². The lowest BCUT2D eigenvalue weighted by Crippen LogP contribution is -2.33. The number of nitrogens with zero attached hydrogens (tertiary/aromatic N) is 2. The predicted octanol–water partition coefficient (Wildman–Crippen LogP) is 2.34. The third-order valence-corrected chi connectivity index (χ3v) is 6.14. The van der Waals surface area contributed by atoms with Gasteiger partial charge in [-0.3, -0.25) is 19.0 Å². The van der Waals surface area contributed by atoms with Gasteiger partial charge in [0.25, 0.3) is 5.56 Å². The minimum absolute atomic E-state index is 0.112. The summed E-state index contributed by atoms with van der Waals surface area (Å²) in [5, 5.41) is 6.10. The molecule has 4 rings (SSSR count). The molecule has 3 heterocycles. The van der Waals surface area contributed by atoms with Gasteiger partial charge in [0.15, 0.2) is 11.5 Å². The highest BCUT2D eigenvalue weighted by molar-refractivity contribution is 7.18. The zero-order valence-electron chi connectivity index (χ0n) is 17.2. The number of nitrogens with one attached hydrogen (secondary N) is 2. The van der Waals surface area contributed by atoms with E-state index < -0.39 is 0 Å². The van der Waals surface area contributed by atoms with Crippen LogP contribution in [0.1, 0.15) is 23.3 Å². The maximum absolute atomic E-state index is 12.6. The zero-order valence-corrected chi connectivity index (χ0v) is 18.0. The molecule has 0 bridgehead atoms. The molecule has 0 unspecified atom stereocenters. The van der Waals surface area contributed by atoms with Gasteiger partial charge in [0, 0.05) is 29.6 Å². The smallest absolute Gasteiger partial charge is 0.262 e. The Bertz CT molecular complexity index is 1220. The topological polar surface area (TPSA) is 112 Å². The molecule has 2 amide bonds. The van der Waals surface area contributed by atoms with Crippen LogP contribution in [0.3, 0.4) is 0 Å². The molecule has 3 aromatic rings. The van der Waals surface area contributed by atoms with Crippen molar-refractivity contribution in [3.05, 3.63) is 45.3 Å². The highest BCUT2D eigenvalue weighted by Gasteiger charge is 2.15. The molecule has 1 aliphatic rings. The van der Waals surface area contributed by atoms with Crippen LogP contribution in [0.4, 0.5) is 5.69 Å². The number of benzene rings is 1. The van der Waals surface area contributed by atoms with Crippen LogP contribution in [0.2, 0.25) is 0 Å². The lowest BCUT2D eigenvalue weighted by Gasteiger charge is -2.08. The van der Waals surface area contributed by atoms with E-state index in [1.54, 1.807) is 18.2 Å². The number of thiophene rings is 1. The molecule has 2 N–H and O–H groups in total. The van der Waals surface area contributed by atoms with Crippen molar-refractivity contribution >= 4 is 39.1 Å². The van der Waals surface area contributed by atoms with Crippen LogP contribution in [0.5, 0.6) is 11.5 Å². The average Bonchev–Trinajstić information content (AvgIpc) is 3.31. The minimum Gasteiger partial charge on any atom is -0.454 e. The van der Waals surface area contributed by atoms with Gasteiger partial charge in [0.05, 0.1) is 11.7 Å². The molecular weight excluding hydrogens is 420 g/mol. The Kier molecular flexibility index (Phi) is 5.90.